The Morgan fingerprint density at radius 1 is 1.21 bits per heavy atom. The second-order valence-electron chi connectivity index (χ2n) is 10.3. The van der Waals surface area contributed by atoms with E-state index in [0.29, 0.717) is 42.2 Å². The van der Waals surface area contributed by atoms with E-state index in [1.54, 1.807) is 11.7 Å². The zero-order valence-corrected chi connectivity index (χ0v) is 21.3. The molecule has 2 atom stereocenters. The van der Waals surface area contributed by atoms with Crippen LogP contribution in [-0.2, 0) is 17.6 Å². The molecule has 1 saturated carbocycles. The predicted molar refractivity (Wildman–Crippen MR) is 138 cm³/mol. The predicted octanol–water partition coefficient (Wildman–Crippen LogP) is 2.60. The number of amides is 1. The average Bonchev–Trinajstić information content (AvgIpc) is 3.33. The molecule has 4 aromatic heterocycles. The summed E-state index contributed by atoms with van der Waals surface area (Å²) in [6, 6.07) is 3.89. The molecule has 0 aromatic carbocycles. The fraction of sp³-hybridized carbons (Fsp3) is 0.440. The first-order valence-corrected chi connectivity index (χ1v) is 13.2. The van der Waals surface area contributed by atoms with Crippen molar-refractivity contribution in [2.75, 3.05) is 22.1 Å². The van der Waals surface area contributed by atoms with Gasteiger partial charge in [0.05, 0.1) is 23.6 Å². The maximum absolute atomic E-state index is 13.5. The van der Waals surface area contributed by atoms with Crippen LogP contribution in [0.5, 0.6) is 0 Å². The van der Waals surface area contributed by atoms with Crippen LogP contribution >= 0.6 is 0 Å². The first-order chi connectivity index (χ1) is 19.0. The lowest BCUT2D eigenvalue weighted by molar-refractivity contribution is -0.117. The quantitative estimate of drug-likeness (QED) is 0.304. The third-order valence-electron chi connectivity index (χ3n) is 7.47. The summed E-state index contributed by atoms with van der Waals surface area (Å²) in [7, 11) is 0. The first-order valence-electron chi connectivity index (χ1n) is 13.2. The van der Waals surface area contributed by atoms with Crippen LogP contribution in [0.1, 0.15) is 60.4 Å². The largest absolute Gasteiger partial charge is 0.326 e. The Morgan fingerprint density at radius 3 is 2.87 bits per heavy atom. The molecule has 0 spiro atoms. The van der Waals surface area contributed by atoms with Crippen molar-refractivity contribution in [2.45, 2.75) is 63.5 Å². The summed E-state index contributed by atoms with van der Waals surface area (Å²) in [4.78, 5) is 30.4. The highest BCUT2D eigenvalue weighted by Gasteiger charge is 2.41. The van der Waals surface area contributed by atoms with E-state index in [4.69, 9.17) is 9.97 Å². The molecule has 2 fully saturated rings. The lowest BCUT2D eigenvalue weighted by Gasteiger charge is -2.25. The van der Waals surface area contributed by atoms with Gasteiger partial charge in [-0.05, 0) is 56.4 Å². The van der Waals surface area contributed by atoms with Gasteiger partial charge in [0.25, 0.3) is 0 Å². The molecular formula is C25H27FN12O. The van der Waals surface area contributed by atoms with Crippen LogP contribution in [0.15, 0.2) is 24.4 Å². The molecule has 200 valence electrons. The molecule has 1 amide bonds. The number of carbonyl (C=O) groups is 1. The van der Waals surface area contributed by atoms with Gasteiger partial charge in [-0.2, -0.15) is 19.3 Å². The van der Waals surface area contributed by atoms with Gasteiger partial charge in [0, 0.05) is 36.2 Å². The van der Waals surface area contributed by atoms with E-state index in [9.17, 15) is 9.18 Å². The Bertz CT molecular complexity index is 1530. The van der Waals surface area contributed by atoms with E-state index in [-0.39, 0.29) is 11.9 Å². The zero-order chi connectivity index (χ0) is 26.5. The monoisotopic (exact) mass is 530 g/mol. The van der Waals surface area contributed by atoms with Crippen molar-refractivity contribution in [1.29, 1.82) is 0 Å². The van der Waals surface area contributed by atoms with Crippen LogP contribution in [0.4, 0.5) is 27.7 Å². The second-order valence-corrected chi connectivity index (χ2v) is 10.3. The Hall–Kier alpha value is -4.49. The van der Waals surface area contributed by atoms with Crippen LogP contribution in [0.2, 0.25) is 0 Å². The number of pyridine rings is 1. The topological polar surface area (TPSA) is 155 Å². The number of fused-ring (bicyclic) bond motifs is 1. The number of tetrazole rings is 1. The Labute approximate surface area is 222 Å². The molecular weight excluding hydrogens is 503 g/mol. The number of aromatic nitrogens is 9. The van der Waals surface area contributed by atoms with Crippen molar-refractivity contribution < 1.29 is 9.18 Å². The Kier molecular flexibility index (Phi) is 5.67. The van der Waals surface area contributed by atoms with E-state index < -0.39 is 12.0 Å². The number of aromatic amines is 1. The van der Waals surface area contributed by atoms with Gasteiger partial charge in [-0.1, -0.05) is 0 Å². The highest BCUT2D eigenvalue weighted by atomic mass is 19.1. The van der Waals surface area contributed by atoms with Gasteiger partial charge in [0.15, 0.2) is 11.6 Å². The molecule has 5 heterocycles. The molecule has 0 bridgehead atoms. The molecule has 1 saturated heterocycles. The summed E-state index contributed by atoms with van der Waals surface area (Å²) in [6.07, 6.45) is 6.79. The molecule has 0 radical (unpaired) electrons. The Morgan fingerprint density at radius 2 is 2.10 bits per heavy atom. The van der Waals surface area contributed by atoms with Crippen LogP contribution in [0, 0.1) is 12.9 Å². The van der Waals surface area contributed by atoms with Crippen molar-refractivity contribution in [3.8, 4) is 0 Å². The van der Waals surface area contributed by atoms with E-state index in [0.717, 1.165) is 42.0 Å². The molecule has 2 aliphatic carbocycles. The van der Waals surface area contributed by atoms with Crippen molar-refractivity contribution in [3.63, 3.8) is 0 Å². The van der Waals surface area contributed by atoms with Crippen molar-refractivity contribution in [3.05, 3.63) is 53.1 Å². The maximum atomic E-state index is 13.5. The lowest BCUT2D eigenvalue weighted by Crippen LogP contribution is -2.40. The van der Waals surface area contributed by atoms with E-state index in [2.05, 4.69) is 41.2 Å². The molecule has 3 aliphatic rings. The average molecular weight is 531 g/mol. The van der Waals surface area contributed by atoms with Crippen LogP contribution in [0.25, 0.3) is 0 Å². The first kappa shape index (κ1) is 23.6. The van der Waals surface area contributed by atoms with Gasteiger partial charge in [0.2, 0.25) is 17.8 Å². The number of carbonyl (C=O) groups excluding carboxylic acids is 1. The number of rotatable bonds is 7. The number of nitrogens with zero attached hydrogens (tertiary/aromatic N) is 9. The van der Waals surface area contributed by atoms with Crippen molar-refractivity contribution in [2.24, 2.45) is 0 Å². The number of anilines is 4. The minimum Gasteiger partial charge on any atom is -0.326 e. The van der Waals surface area contributed by atoms with E-state index in [1.807, 2.05) is 11.0 Å². The fourth-order valence-corrected chi connectivity index (χ4v) is 5.36. The number of halogens is 1. The second kappa shape index (κ2) is 9.36. The third-order valence-corrected chi connectivity index (χ3v) is 7.47. The van der Waals surface area contributed by atoms with Crippen LogP contribution in [-0.4, -0.2) is 63.9 Å². The van der Waals surface area contributed by atoms with Gasteiger partial charge in [-0.15, -0.1) is 10.2 Å². The summed E-state index contributed by atoms with van der Waals surface area (Å²) < 4.78 is 13.3. The number of nitrogens with one attached hydrogen (secondary N) is 3. The standard InChI is InChI=1S/C25H27FN12O/c1-13-32-36-38(35-13)16-9-20(24(39)28-15-7-8-21(26)27-11-15)37(12-16)25-29-18-4-2-3-17(18)23(31-25)30-22-10-19(33-34-22)14-5-6-14/h7-8,10-11,14,16,20H,2-6,9,12H2,1H3,(H,28,39)(H2,29,30,31,33,34)/t16-,20+/m1/s1. The maximum Gasteiger partial charge on any atom is 0.247 e. The molecule has 3 N–H and O–H groups in total. The molecule has 13 nitrogen and oxygen atoms in total. The summed E-state index contributed by atoms with van der Waals surface area (Å²) in [5, 5.41) is 26.4. The Balaban J connectivity index is 1.21. The van der Waals surface area contributed by atoms with Crippen LogP contribution in [0.3, 0.4) is 0 Å². The summed E-state index contributed by atoms with van der Waals surface area (Å²) in [5.41, 5.74) is 3.59. The third kappa shape index (κ3) is 4.66. The number of aryl methyl sites for hydroxylation is 2. The summed E-state index contributed by atoms with van der Waals surface area (Å²) in [5.74, 6) is 2.10. The minimum absolute atomic E-state index is 0.214. The molecule has 0 unspecified atom stereocenters. The van der Waals surface area contributed by atoms with E-state index >= 15 is 0 Å². The SMILES string of the molecule is Cc1nnn([C@@H]2C[C@@H](C(=O)Nc3ccc(F)nc3)N(c3nc4c(c(Nc5cc(C6CC6)[nH]n5)n3)CCC4)C2)n1. The highest BCUT2D eigenvalue weighted by Crippen LogP contribution is 2.40. The molecule has 1 aliphatic heterocycles. The smallest absolute Gasteiger partial charge is 0.247 e. The molecule has 4 aromatic rings. The molecule has 7 rings (SSSR count). The van der Waals surface area contributed by atoms with E-state index in [1.165, 1.54) is 31.2 Å². The van der Waals surface area contributed by atoms with Gasteiger partial charge in [-0.25, -0.2) is 9.97 Å². The van der Waals surface area contributed by atoms with Gasteiger partial charge < -0.3 is 15.5 Å². The van der Waals surface area contributed by atoms with Gasteiger partial charge in [0.1, 0.15) is 11.9 Å². The summed E-state index contributed by atoms with van der Waals surface area (Å²) >= 11 is 0. The molecule has 39 heavy (non-hydrogen) atoms. The van der Waals surface area contributed by atoms with Crippen molar-refractivity contribution >= 4 is 29.2 Å². The van der Waals surface area contributed by atoms with Crippen LogP contribution < -0.4 is 15.5 Å². The zero-order valence-electron chi connectivity index (χ0n) is 21.3. The normalized spacial score (nSPS) is 20.3. The summed E-state index contributed by atoms with van der Waals surface area (Å²) in [6.45, 7) is 2.19. The van der Waals surface area contributed by atoms with Gasteiger partial charge >= 0.3 is 0 Å². The number of hydrogen-bond acceptors (Lipinski definition) is 10. The van der Waals surface area contributed by atoms with Crippen molar-refractivity contribution in [1.82, 2.24) is 45.4 Å². The fourth-order valence-electron chi connectivity index (χ4n) is 5.36. The number of H-pyrrole nitrogens is 1. The highest BCUT2D eigenvalue weighted by molar-refractivity contribution is 5.97. The molecule has 14 heteroatoms. The van der Waals surface area contributed by atoms with Gasteiger partial charge in [-0.3, -0.25) is 9.89 Å². The lowest BCUT2D eigenvalue weighted by atomic mass is 10.1. The minimum atomic E-state index is -0.620. The number of hydrogen-bond donors (Lipinski definition) is 3.